The van der Waals surface area contributed by atoms with E-state index in [9.17, 15) is 8.78 Å². The molecule has 0 saturated heterocycles. The zero-order valence-electron chi connectivity index (χ0n) is 10.1. The molecule has 5 heteroatoms. The molecule has 96 valence electrons. The molecule has 0 aliphatic rings. The molecule has 0 bridgehead atoms. The predicted molar refractivity (Wildman–Crippen MR) is 67.4 cm³/mol. The molecule has 1 aromatic rings. The van der Waals surface area contributed by atoms with Crippen molar-refractivity contribution in [1.29, 1.82) is 0 Å². The van der Waals surface area contributed by atoms with Gasteiger partial charge in [0.05, 0.1) is 0 Å². The highest BCUT2D eigenvalue weighted by Crippen LogP contribution is 2.25. The lowest BCUT2D eigenvalue weighted by atomic mass is 10.1. The van der Waals surface area contributed by atoms with Crippen LogP contribution in [0.15, 0.2) is 22.7 Å². The van der Waals surface area contributed by atoms with Crippen LogP contribution in [0.2, 0.25) is 0 Å². The van der Waals surface area contributed by atoms with Crippen LogP contribution >= 0.6 is 15.9 Å². The first-order valence-electron chi connectivity index (χ1n) is 5.26. The van der Waals surface area contributed by atoms with Crippen molar-refractivity contribution >= 4 is 15.9 Å². The summed E-state index contributed by atoms with van der Waals surface area (Å²) < 4.78 is 29.8. The van der Waals surface area contributed by atoms with E-state index in [-0.39, 0.29) is 11.3 Å². The monoisotopic (exact) mass is 307 g/mol. The molecule has 0 heterocycles. The molecular formula is C12H16BrF2NO. The molecule has 0 atom stereocenters. The van der Waals surface area contributed by atoms with Crippen molar-refractivity contribution < 1.29 is 13.5 Å². The fourth-order valence-corrected chi connectivity index (χ4v) is 1.67. The smallest absolute Gasteiger partial charge is 0.387 e. The van der Waals surface area contributed by atoms with E-state index < -0.39 is 6.61 Å². The standard InChI is InChI=1S/C12H16BrF2NO/c1-12(2,3)16-7-8-6-9(13)4-5-10(8)17-11(14)15/h4-6,11,16H,7H2,1-3H3. The summed E-state index contributed by atoms with van der Waals surface area (Å²) in [7, 11) is 0. The Morgan fingerprint density at radius 1 is 1.35 bits per heavy atom. The third-order valence-electron chi connectivity index (χ3n) is 2.05. The average molecular weight is 308 g/mol. The first-order valence-corrected chi connectivity index (χ1v) is 6.05. The average Bonchev–Trinajstić information content (AvgIpc) is 2.16. The maximum atomic E-state index is 12.2. The Bertz CT molecular complexity index is 377. The number of benzene rings is 1. The number of hydrogen-bond acceptors (Lipinski definition) is 2. The summed E-state index contributed by atoms with van der Waals surface area (Å²) >= 11 is 3.31. The van der Waals surface area contributed by atoms with E-state index in [2.05, 4.69) is 26.0 Å². The largest absolute Gasteiger partial charge is 0.434 e. The first-order chi connectivity index (χ1) is 7.78. The topological polar surface area (TPSA) is 21.3 Å². The molecule has 0 unspecified atom stereocenters. The number of nitrogens with one attached hydrogen (secondary N) is 1. The van der Waals surface area contributed by atoms with E-state index in [0.29, 0.717) is 12.1 Å². The van der Waals surface area contributed by atoms with E-state index in [4.69, 9.17) is 0 Å². The van der Waals surface area contributed by atoms with Crippen LogP contribution < -0.4 is 10.1 Å². The molecule has 0 aromatic heterocycles. The molecule has 2 nitrogen and oxygen atoms in total. The lowest BCUT2D eigenvalue weighted by Crippen LogP contribution is -2.35. The van der Waals surface area contributed by atoms with E-state index >= 15 is 0 Å². The molecule has 1 aromatic carbocycles. The van der Waals surface area contributed by atoms with Gasteiger partial charge in [-0.15, -0.1) is 0 Å². The SMILES string of the molecule is CC(C)(C)NCc1cc(Br)ccc1OC(F)F. The van der Waals surface area contributed by atoms with Crippen molar-refractivity contribution in [2.75, 3.05) is 0 Å². The van der Waals surface area contributed by atoms with Crippen LogP contribution in [-0.4, -0.2) is 12.2 Å². The van der Waals surface area contributed by atoms with Gasteiger partial charge in [0.15, 0.2) is 0 Å². The lowest BCUT2D eigenvalue weighted by Gasteiger charge is -2.21. The molecule has 1 N–H and O–H groups in total. The summed E-state index contributed by atoms with van der Waals surface area (Å²) in [5.41, 5.74) is 0.624. The highest BCUT2D eigenvalue weighted by Gasteiger charge is 2.13. The molecule has 0 aliphatic heterocycles. The van der Waals surface area contributed by atoms with Crippen molar-refractivity contribution in [3.63, 3.8) is 0 Å². The quantitative estimate of drug-likeness (QED) is 0.910. The van der Waals surface area contributed by atoms with Gasteiger partial charge in [0.1, 0.15) is 5.75 Å². The molecule has 1 rings (SSSR count). The second-order valence-corrected chi connectivity index (χ2v) is 5.65. The predicted octanol–water partition coefficient (Wildman–Crippen LogP) is 3.94. The molecule has 17 heavy (non-hydrogen) atoms. The Balaban J connectivity index is 2.83. The van der Waals surface area contributed by atoms with Crippen molar-refractivity contribution in [2.24, 2.45) is 0 Å². The Hall–Kier alpha value is -0.680. The van der Waals surface area contributed by atoms with Gasteiger partial charge < -0.3 is 10.1 Å². The van der Waals surface area contributed by atoms with Gasteiger partial charge in [0, 0.05) is 22.1 Å². The molecular weight excluding hydrogens is 292 g/mol. The van der Waals surface area contributed by atoms with Gasteiger partial charge >= 0.3 is 6.61 Å². The summed E-state index contributed by atoms with van der Waals surface area (Å²) in [6.45, 7) is 3.71. The Kier molecular flexibility index (Phi) is 4.89. The first kappa shape index (κ1) is 14.4. The maximum absolute atomic E-state index is 12.2. The van der Waals surface area contributed by atoms with Gasteiger partial charge in [0.25, 0.3) is 0 Å². The van der Waals surface area contributed by atoms with Crippen LogP contribution in [-0.2, 0) is 6.54 Å². The molecule has 0 fully saturated rings. The Labute approximate surface area is 108 Å². The molecule has 0 spiro atoms. The lowest BCUT2D eigenvalue weighted by molar-refractivity contribution is -0.0505. The van der Waals surface area contributed by atoms with Gasteiger partial charge in [-0.3, -0.25) is 0 Å². The number of ether oxygens (including phenoxy) is 1. The molecule has 0 radical (unpaired) electrons. The second kappa shape index (κ2) is 5.78. The fraction of sp³-hybridized carbons (Fsp3) is 0.500. The third-order valence-corrected chi connectivity index (χ3v) is 2.54. The van der Waals surface area contributed by atoms with Crippen LogP contribution in [0.25, 0.3) is 0 Å². The van der Waals surface area contributed by atoms with E-state index in [0.717, 1.165) is 4.47 Å². The van der Waals surface area contributed by atoms with Crippen LogP contribution in [0.4, 0.5) is 8.78 Å². The minimum Gasteiger partial charge on any atom is -0.434 e. The van der Waals surface area contributed by atoms with Crippen LogP contribution in [0.3, 0.4) is 0 Å². The summed E-state index contributed by atoms with van der Waals surface area (Å²) in [5.74, 6) is 0.208. The van der Waals surface area contributed by atoms with Gasteiger partial charge in [-0.25, -0.2) is 0 Å². The normalized spacial score (nSPS) is 11.9. The third kappa shape index (κ3) is 5.46. The summed E-state index contributed by atoms with van der Waals surface area (Å²) in [4.78, 5) is 0. The number of rotatable bonds is 4. The molecule has 0 amide bonds. The van der Waals surface area contributed by atoms with Gasteiger partial charge in [0.2, 0.25) is 0 Å². The minimum atomic E-state index is -2.80. The van der Waals surface area contributed by atoms with Gasteiger partial charge in [-0.2, -0.15) is 8.78 Å². The van der Waals surface area contributed by atoms with E-state index in [1.165, 1.54) is 6.07 Å². The van der Waals surface area contributed by atoms with Crippen molar-refractivity contribution in [3.8, 4) is 5.75 Å². The van der Waals surface area contributed by atoms with Crippen LogP contribution in [0.5, 0.6) is 5.75 Å². The highest BCUT2D eigenvalue weighted by atomic mass is 79.9. The number of halogens is 3. The molecule has 0 aliphatic carbocycles. The highest BCUT2D eigenvalue weighted by molar-refractivity contribution is 9.10. The van der Waals surface area contributed by atoms with Crippen molar-refractivity contribution in [1.82, 2.24) is 5.32 Å². The Morgan fingerprint density at radius 2 is 2.00 bits per heavy atom. The van der Waals surface area contributed by atoms with E-state index in [1.807, 2.05) is 20.8 Å². The second-order valence-electron chi connectivity index (χ2n) is 4.73. The van der Waals surface area contributed by atoms with Crippen molar-refractivity contribution in [3.05, 3.63) is 28.2 Å². The van der Waals surface area contributed by atoms with Crippen LogP contribution in [0.1, 0.15) is 26.3 Å². The zero-order valence-corrected chi connectivity index (χ0v) is 11.6. The van der Waals surface area contributed by atoms with Gasteiger partial charge in [-0.05, 0) is 39.0 Å². The number of alkyl halides is 2. The summed E-state index contributed by atoms with van der Waals surface area (Å²) in [6.07, 6.45) is 0. The Morgan fingerprint density at radius 3 is 2.53 bits per heavy atom. The van der Waals surface area contributed by atoms with Crippen LogP contribution in [0, 0.1) is 0 Å². The zero-order chi connectivity index (χ0) is 13.1. The number of hydrogen-bond donors (Lipinski definition) is 1. The summed E-state index contributed by atoms with van der Waals surface area (Å²) in [6, 6.07) is 4.99. The summed E-state index contributed by atoms with van der Waals surface area (Å²) in [5, 5.41) is 3.23. The maximum Gasteiger partial charge on any atom is 0.387 e. The van der Waals surface area contributed by atoms with E-state index in [1.54, 1.807) is 12.1 Å². The van der Waals surface area contributed by atoms with Crippen molar-refractivity contribution in [2.45, 2.75) is 39.5 Å². The van der Waals surface area contributed by atoms with Gasteiger partial charge in [-0.1, -0.05) is 15.9 Å². The molecule has 0 saturated carbocycles. The minimum absolute atomic E-state index is 0.0790. The fourth-order valence-electron chi connectivity index (χ4n) is 1.26.